The van der Waals surface area contributed by atoms with Crippen molar-refractivity contribution in [1.29, 1.82) is 5.26 Å². The zero-order valence-corrected chi connectivity index (χ0v) is 12.6. The Hall–Kier alpha value is -1.40. The number of unbranched alkanes of at least 4 members (excludes halogenated alkanes) is 3. The van der Waals surface area contributed by atoms with Gasteiger partial charge in [0, 0.05) is 12.1 Å². The highest BCUT2D eigenvalue weighted by molar-refractivity contribution is 5.33. The van der Waals surface area contributed by atoms with Gasteiger partial charge in [0.05, 0.1) is 11.6 Å². The number of halogens is 1. The van der Waals surface area contributed by atoms with Crippen molar-refractivity contribution in [2.75, 3.05) is 6.54 Å². The standard InChI is InChI=1S/C17H25FN2/c1-14(2)7-5-3-4-6-10-20-13-16-11-15(12-19)8-9-17(16)18/h8-9,11,14,20H,3-7,10,13H2,1-2H3. The number of nitrogens with zero attached hydrogens (tertiary/aromatic N) is 1. The first-order chi connectivity index (χ1) is 9.63. The maximum Gasteiger partial charge on any atom is 0.127 e. The summed E-state index contributed by atoms with van der Waals surface area (Å²) >= 11 is 0. The van der Waals surface area contributed by atoms with Crippen LogP contribution < -0.4 is 5.32 Å². The Morgan fingerprint density at radius 2 is 1.95 bits per heavy atom. The normalized spacial score (nSPS) is 10.8. The van der Waals surface area contributed by atoms with Crippen molar-refractivity contribution >= 4 is 0 Å². The molecule has 3 heteroatoms. The molecule has 0 saturated heterocycles. The quantitative estimate of drug-likeness (QED) is 0.679. The SMILES string of the molecule is CC(C)CCCCCCNCc1cc(C#N)ccc1F. The molecule has 0 atom stereocenters. The molecular formula is C17H25FN2. The van der Waals surface area contributed by atoms with E-state index in [9.17, 15) is 4.39 Å². The number of benzene rings is 1. The van der Waals surface area contributed by atoms with Crippen molar-refractivity contribution in [3.8, 4) is 6.07 Å². The molecule has 0 heterocycles. The zero-order chi connectivity index (χ0) is 14.8. The molecule has 0 aliphatic carbocycles. The van der Waals surface area contributed by atoms with E-state index >= 15 is 0 Å². The van der Waals surface area contributed by atoms with Gasteiger partial charge in [-0.3, -0.25) is 0 Å². The van der Waals surface area contributed by atoms with Crippen molar-refractivity contribution in [3.63, 3.8) is 0 Å². The van der Waals surface area contributed by atoms with Gasteiger partial charge in [-0.1, -0.05) is 39.5 Å². The summed E-state index contributed by atoms with van der Waals surface area (Å²) < 4.78 is 13.5. The molecule has 20 heavy (non-hydrogen) atoms. The van der Waals surface area contributed by atoms with E-state index in [1.54, 1.807) is 6.07 Å². The van der Waals surface area contributed by atoms with E-state index in [1.165, 1.54) is 37.8 Å². The van der Waals surface area contributed by atoms with E-state index < -0.39 is 0 Å². The van der Waals surface area contributed by atoms with Crippen molar-refractivity contribution in [2.45, 2.75) is 52.5 Å². The maximum absolute atomic E-state index is 13.5. The van der Waals surface area contributed by atoms with E-state index in [0.29, 0.717) is 17.7 Å². The van der Waals surface area contributed by atoms with E-state index in [1.807, 2.05) is 6.07 Å². The summed E-state index contributed by atoms with van der Waals surface area (Å²) in [6.07, 6.45) is 6.23. The number of hydrogen-bond acceptors (Lipinski definition) is 2. The van der Waals surface area contributed by atoms with E-state index in [4.69, 9.17) is 5.26 Å². The minimum atomic E-state index is -0.242. The molecule has 0 unspecified atom stereocenters. The fraction of sp³-hybridized carbons (Fsp3) is 0.588. The second-order valence-electron chi connectivity index (χ2n) is 5.69. The zero-order valence-electron chi connectivity index (χ0n) is 12.6. The molecule has 0 fully saturated rings. The summed E-state index contributed by atoms with van der Waals surface area (Å²) in [6, 6.07) is 6.52. The molecule has 0 aromatic heterocycles. The minimum Gasteiger partial charge on any atom is -0.313 e. The van der Waals surface area contributed by atoms with Gasteiger partial charge in [-0.15, -0.1) is 0 Å². The third-order valence-electron chi connectivity index (χ3n) is 3.38. The molecular weight excluding hydrogens is 251 g/mol. The monoisotopic (exact) mass is 276 g/mol. The van der Waals surface area contributed by atoms with Gasteiger partial charge in [-0.25, -0.2) is 4.39 Å². The van der Waals surface area contributed by atoms with E-state index in [-0.39, 0.29) is 5.82 Å². The summed E-state index contributed by atoms with van der Waals surface area (Å²) in [7, 11) is 0. The van der Waals surface area contributed by atoms with Gasteiger partial charge in [0.15, 0.2) is 0 Å². The predicted octanol–water partition coefficient (Wildman–Crippen LogP) is 4.39. The topological polar surface area (TPSA) is 35.8 Å². The van der Waals surface area contributed by atoms with Crippen LogP contribution in [0.1, 0.15) is 57.1 Å². The van der Waals surface area contributed by atoms with Gasteiger partial charge in [0.25, 0.3) is 0 Å². The molecule has 1 aromatic rings. The summed E-state index contributed by atoms with van der Waals surface area (Å²) in [6.45, 7) is 5.90. The van der Waals surface area contributed by atoms with Crippen molar-refractivity contribution < 1.29 is 4.39 Å². The van der Waals surface area contributed by atoms with Crippen LogP contribution in [0.25, 0.3) is 0 Å². The van der Waals surface area contributed by atoms with Crippen LogP contribution in [0.15, 0.2) is 18.2 Å². The van der Waals surface area contributed by atoms with Crippen molar-refractivity contribution in [1.82, 2.24) is 5.32 Å². The maximum atomic E-state index is 13.5. The third-order valence-corrected chi connectivity index (χ3v) is 3.38. The number of nitrogens with one attached hydrogen (secondary N) is 1. The summed E-state index contributed by atoms with van der Waals surface area (Å²) in [4.78, 5) is 0. The molecule has 0 radical (unpaired) electrons. The highest BCUT2D eigenvalue weighted by Gasteiger charge is 2.03. The molecule has 2 nitrogen and oxygen atoms in total. The number of rotatable bonds is 9. The van der Waals surface area contributed by atoms with Gasteiger partial charge in [-0.05, 0) is 37.1 Å². The highest BCUT2D eigenvalue weighted by Crippen LogP contribution is 2.11. The Morgan fingerprint density at radius 3 is 2.65 bits per heavy atom. The number of hydrogen-bond donors (Lipinski definition) is 1. The average Bonchev–Trinajstić information content (AvgIpc) is 2.43. The first-order valence-corrected chi connectivity index (χ1v) is 7.52. The second-order valence-corrected chi connectivity index (χ2v) is 5.69. The van der Waals surface area contributed by atoms with Gasteiger partial charge in [0.2, 0.25) is 0 Å². The van der Waals surface area contributed by atoms with Crippen LogP contribution in [-0.4, -0.2) is 6.54 Å². The summed E-state index contributed by atoms with van der Waals surface area (Å²) in [5.74, 6) is 0.553. The molecule has 1 aromatic carbocycles. The van der Waals surface area contributed by atoms with Crippen LogP contribution in [0.4, 0.5) is 4.39 Å². The van der Waals surface area contributed by atoms with E-state index in [0.717, 1.165) is 18.9 Å². The lowest BCUT2D eigenvalue weighted by molar-refractivity contribution is 0.510. The average molecular weight is 276 g/mol. The minimum absolute atomic E-state index is 0.242. The lowest BCUT2D eigenvalue weighted by atomic mass is 10.0. The molecule has 0 aliphatic rings. The van der Waals surface area contributed by atoms with Crippen molar-refractivity contribution in [3.05, 3.63) is 35.1 Å². The first-order valence-electron chi connectivity index (χ1n) is 7.52. The lowest BCUT2D eigenvalue weighted by Crippen LogP contribution is -2.15. The molecule has 1 N–H and O–H groups in total. The molecule has 0 saturated carbocycles. The smallest absolute Gasteiger partial charge is 0.127 e. The first kappa shape index (κ1) is 16.7. The molecule has 0 spiro atoms. The summed E-state index contributed by atoms with van der Waals surface area (Å²) in [5, 5.41) is 12.0. The van der Waals surface area contributed by atoms with E-state index in [2.05, 4.69) is 19.2 Å². The summed E-state index contributed by atoms with van der Waals surface area (Å²) in [5.41, 5.74) is 1.08. The van der Waals surface area contributed by atoms with Gasteiger partial charge in [-0.2, -0.15) is 5.26 Å². The third kappa shape index (κ3) is 6.68. The Balaban J connectivity index is 2.14. The fourth-order valence-electron chi connectivity index (χ4n) is 2.16. The van der Waals surface area contributed by atoms with Crippen LogP contribution in [0.5, 0.6) is 0 Å². The Morgan fingerprint density at radius 1 is 1.20 bits per heavy atom. The van der Waals surface area contributed by atoms with Crippen LogP contribution in [0.3, 0.4) is 0 Å². The highest BCUT2D eigenvalue weighted by atomic mass is 19.1. The Kier molecular flexibility index (Phi) is 7.91. The molecule has 0 bridgehead atoms. The predicted molar refractivity (Wildman–Crippen MR) is 80.7 cm³/mol. The molecule has 1 rings (SSSR count). The Bertz CT molecular complexity index is 435. The van der Waals surface area contributed by atoms with Crippen molar-refractivity contribution in [2.24, 2.45) is 5.92 Å². The second kappa shape index (κ2) is 9.50. The van der Waals surface area contributed by atoms with Gasteiger partial charge < -0.3 is 5.32 Å². The number of nitriles is 1. The lowest BCUT2D eigenvalue weighted by Gasteiger charge is -2.07. The largest absolute Gasteiger partial charge is 0.313 e. The van der Waals surface area contributed by atoms with Crippen LogP contribution in [0, 0.1) is 23.1 Å². The Labute approximate surface area is 122 Å². The van der Waals surface area contributed by atoms with Gasteiger partial charge >= 0.3 is 0 Å². The van der Waals surface area contributed by atoms with Crippen LogP contribution in [-0.2, 0) is 6.54 Å². The van der Waals surface area contributed by atoms with Crippen LogP contribution >= 0.6 is 0 Å². The molecule has 0 aliphatic heterocycles. The van der Waals surface area contributed by atoms with Crippen LogP contribution in [0.2, 0.25) is 0 Å². The molecule has 0 amide bonds. The van der Waals surface area contributed by atoms with Gasteiger partial charge in [0.1, 0.15) is 5.82 Å². The fourth-order valence-corrected chi connectivity index (χ4v) is 2.16. The molecule has 110 valence electrons.